The minimum absolute atomic E-state index is 0.630. The van der Waals surface area contributed by atoms with E-state index >= 15 is 0 Å². The fourth-order valence-corrected chi connectivity index (χ4v) is 2.03. The Morgan fingerprint density at radius 1 is 1.53 bits per heavy atom. The monoisotopic (exact) mass is 223 g/mol. The zero-order valence-electron chi connectivity index (χ0n) is 8.49. The third-order valence-corrected chi connectivity index (χ3v) is 2.95. The molecule has 0 fully saturated rings. The van der Waals surface area contributed by atoms with Crippen LogP contribution in [-0.2, 0) is 13.1 Å². The number of hydrogen-bond acceptors (Lipinski definition) is 5. The van der Waals surface area contributed by atoms with E-state index in [-0.39, 0.29) is 0 Å². The van der Waals surface area contributed by atoms with Crippen LogP contribution in [0.5, 0.6) is 0 Å². The number of rotatable bonds is 4. The summed E-state index contributed by atoms with van der Waals surface area (Å²) in [7, 11) is 0. The van der Waals surface area contributed by atoms with Crippen LogP contribution < -0.4 is 11.1 Å². The van der Waals surface area contributed by atoms with Gasteiger partial charge in [-0.25, -0.2) is 4.98 Å². The van der Waals surface area contributed by atoms with Gasteiger partial charge in [0.05, 0.1) is 12.7 Å². The second-order valence-electron chi connectivity index (χ2n) is 3.27. The van der Waals surface area contributed by atoms with Gasteiger partial charge in [-0.1, -0.05) is 0 Å². The van der Waals surface area contributed by atoms with Crippen LogP contribution in [-0.4, -0.2) is 4.98 Å². The Kier molecular flexibility index (Phi) is 3.03. The maximum absolute atomic E-state index is 5.76. The van der Waals surface area contributed by atoms with Gasteiger partial charge in [-0.2, -0.15) is 0 Å². The Morgan fingerprint density at radius 3 is 3.00 bits per heavy atom. The van der Waals surface area contributed by atoms with Crippen LogP contribution in [0.4, 0.5) is 5.69 Å². The lowest BCUT2D eigenvalue weighted by Gasteiger charge is -2.00. The van der Waals surface area contributed by atoms with Crippen molar-refractivity contribution in [1.82, 2.24) is 10.3 Å². The zero-order chi connectivity index (χ0) is 10.7. The highest BCUT2D eigenvalue weighted by Crippen LogP contribution is 2.18. The number of aromatic nitrogens is 1. The van der Waals surface area contributed by atoms with Crippen LogP contribution in [0.25, 0.3) is 0 Å². The van der Waals surface area contributed by atoms with Gasteiger partial charge in [0.15, 0.2) is 0 Å². The highest BCUT2D eigenvalue weighted by atomic mass is 32.1. The summed E-state index contributed by atoms with van der Waals surface area (Å²) >= 11 is 1.65. The van der Waals surface area contributed by atoms with Crippen LogP contribution >= 0.6 is 11.3 Å². The summed E-state index contributed by atoms with van der Waals surface area (Å²) in [4.78, 5) is 5.25. The maximum Gasteiger partial charge on any atom is 0.208 e. The minimum Gasteiger partial charge on any atom is -0.445 e. The van der Waals surface area contributed by atoms with Crippen LogP contribution in [0.3, 0.4) is 0 Å². The number of nitrogens with two attached hydrogens (primary N) is 1. The average Bonchev–Trinajstić information content (AvgIpc) is 2.77. The van der Waals surface area contributed by atoms with Crippen molar-refractivity contribution >= 4 is 17.0 Å². The minimum atomic E-state index is 0.630. The van der Waals surface area contributed by atoms with Crippen LogP contribution in [0.2, 0.25) is 0 Å². The molecule has 2 aromatic rings. The van der Waals surface area contributed by atoms with E-state index in [9.17, 15) is 0 Å². The molecule has 0 saturated heterocycles. The van der Waals surface area contributed by atoms with Gasteiger partial charge in [0.2, 0.25) is 5.89 Å². The van der Waals surface area contributed by atoms with Crippen LogP contribution in [0.1, 0.15) is 16.5 Å². The SMILES string of the molecule is Cc1cnc(CNCc2sccc2N)o1. The molecule has 0 aliphatic carbocycles. The van der Waals surface area contributed by atoms with Crippen LogP contribution in [0.15, 0.2) is 22.1 Å². The molecule has 0 aliphatic heterocycles. The van der Waals surface area contributed by atoms with Gasteiger partial charge in [-0.05, 0) is 18.4 Å². The number of nitrogen functional groups attached to an aromatic ring is 1. The van der Waals surface area contributed by atoms with Gasteiger partial charge in [0.1, 0.15) is 5.76 Å². The number of oxazole rings is 1. The Bertz CT molecular complexity index is 435. The molecule has 2 aromatic heterocycles. The van der Waals surface area contributed by atoms with E-state index in [4.69, 9.17) is 10.2 Å². The first-order valence-corrected chi connectivity index (χ1v) is 5.57. The van der Waals surface area contributed by atoms with E-state index < -0.39 is 0 Å². The fraction of sp³-hybridized carbons (Fsp3) is 0.300. The van der Waals surface area contributed by atoms with E-state index in [0.29, 0.717) is 12.4 Å². The highest BCUT2D eigenvalue weighted by molar-refractivity contribution is 7.10. The van der Waals surface area contributed by atoms with Crippen molar-refractivity contribution in [2.45, 2.75) is 20.0 Å². The molecular weight excluding hydrogens is 210 g/mol. The standard InChI is InChI=1S/C10H13N3OS/c1-7-4-13-10(14-7)6-12-5-9-8(11)2-3-15-9/h2-4,12H,5-6,11H2,1H3. The van der Waals surface area contributed by atoms with Crippen molar-refractivity contribution in [2.75, 3.05) is 5.73 Å². The second kappa shape index (κ2) is 4.46. The van der Waals surface area contributed by atoms with Gasteiger partial charge in [0.25, 0.3) is 0 Å². The van der Waals surface area contributed by atoms with Gasteiger partial charge < -0.3 is 15.5 Å². The summed E-state index contributed by atoms with van der Waals surface area (Å²) in [6.45, 7) is 3.27. The summed E-state index contributed by atoms with van der Waals surface area (Å²) in [6.07, 6.45) is 1.72. The number of hydrogen-bond donors (Lipinski definition) is 2. The van der Waals surface area contributed by atoms with E-state index in [1.165, 1.54) is 0 Å². The summed E-state index contributed by atoms with van der Waals surface area (Å²) in [6, 6.07) is 1.91. The lowest BCUT2D eigenvalue weighted by atomic mass is 10.4. The fourth-order valence-electron chi connectivity index (χ4n) is 1.26. The molecule has 0 aromatic carbocycles. The number of aryl methyl sites for hydroxylation is 1. The highest BCUT2D eigenvalue weighted by Gasteiger charge is 2.02. The molecule has 0 radical (unpaired) electrons. The van der Waals surface area contributed by atoms with E-state index in [1.54, 1.807) is 17.5 Å². The zero-order valence-corrected chi connectivity index (χ0v) is 9.30. The van der Waals surface area contributed by atoms with E-state index in [1.807, 2.05) is 18.4 Å². The molecule has 0 aliphatic rings. The van der Waals surface area contributed by atoms with Crippen molar-refractivity contribution in [3.8, 4) is 0 Å². The number of thiophene rings is 1. The molecule has 0 unspecified atom stereocenters. The molecule has 2 heterocycles. The topological polar surface area (TPSA) is 64.1 Å². The first-order chi connectivity index (χ1) is 7.25. The molecule has 0 saturated carbocycles. The predicted molar refractivity (Wildman–Crippen MR) is 60.5 cm³/mol. The van der Waals surface area contributed by atoms with Crippen LogP contribution in [0, 0.1) is 6.92 Å². The quantitative estimate of drug-likeness (QED) is 0.831. The van der Waals surface area contributed by atoms with Crippen molar-refractivity contribution in [2.24, 2.45) is 0 Å². The summed E-state index contributed by atoms with van der Waals surface area (Å²) < 4.78 is 5.33. The van der Waals surface area contributed by atoms with Crippen molar-refractivity contribution in [3.05, 3.63) is 34.2 Å². The molecular formula is C10H13N3OS. The van der Waals surface area contributed by atoms with Gasteiger partial charge in [0, 0.05) is 17.1 Å². The Labute approximate surface area is 92.1 Å². The van der Waals surface area contributed by atoms with E-state index in [0.717, 1.165) is 22.9 Å². The number of nitrogens with zero attached hydrogens (tertiary/aromatic N) is 1. The molecule has 0 amide bonds. The molecule has 2 rings (SSSR count). The molecule has 0 spiro atoms. The second-order valence-corrected chi connectivity index (χ2v) is 4.27. The molecule has 4 nitrogen and oxygen atoms in total. The maximum atomic E-state index is 5.76. The van der Waals surface area contributed by atoms with Crippen molar-refractivity contribution in [3.63, 3.8) is 0 Å². The average molecular weight is 223 g/mol. The molecule has 3 N–H and O–H groups in total. The molecule has 0 bridgehead atoms. The van der Waals surface area contributed by atoms with Crippen molar-refractivity contribution in [1.29, 1.82) is 0 Å². The summed E-state index contributed by atoms with van der Waals surface area (Å²) in [5.74, 6) is 1.55. The molecule has 80 valence electrons. The predicted octanol–water partition coefficient (Wildman–Crippen LogP) is 1.92. The normalized spacial score (nSPS) is 10.7. The van der Waals surface area contributed by atoms with Gasteiger partial charge in [-0.3, -0.25) is 0 Å². The molecule has 0 atom stereocenters. The number of nitrogens with one attached hydrogen (secondary N) is 1. The molecule has 5 heteroatoms. The summed E-state index contributed by atoms with van der Waals surface area (Å²) in [5.41, 5.74) is 6.60. The molecule has 15 heavy (non-hydrogen) atoms. The van der Waals surface area contributed by atoms with Gasteiger partial charge in [-0.15, -0.1) is 11.3 Å². The van der Waals surface area contributed by atoms with Crippen molar-refractivity contribution < 1.29 is 4.42 Å². The Hall–Kier alpha value is -1.33. The summed E-state index contributed by atoms with van der Waals surface area (Å²) in [5, 5.41) is 5.22. The lowest BCUT2D eigenvalue weighted by molar-refractivity contribution is 0.449. The third-order valence-electron chi connectivity index (χ3n) is 2.01. The van der Waals surface area contributed by atoms with Gasteiger partial charge >= 0.3 is 0 Å². The Morgan fingerprint density at radius 2 is 2.40 bits per heavy atom. The third kappa shape index (κ3) is 2.57. The first kappa shape index (κ1) is 10.2. The Balaban J connectivity index is 1.83. The first-order valence-electron chi connectivity index (χ1n) is 4.69. The number of anilines is 1. The largest absolute Gasteiger partial charge is 0.445 e. The van der Waals surface area contributed by atoms with E-state index in [2.05, 4.69) is 10.3 Å². The smallest absolute Gasteiger partial charge is 0.208 e. The lowest BCUT2D eigenvalue weighted by Crippen LogP contribution is -2.12.